The molecule has 0 spiro atoms. The molecular formula is C27H34N2O5. The van der Waals surface area contributed by atoms with Crippen LogP contribution < -0.4 is 9.47 Å². The number of carbonyl (C=O) groups excluding carboxylic acids is 1. The molecule has 0 saturated carbocycles. The lowest BCUT2D eigenvalue weighted by atomic mass is 9.92. The summed E-state index contributed by atoms with van der Waals surface area (Å²) >= 11 is 0. The Balaban J connectivity index is 1.02. The molecule has 3 aliphatic heterocycles. The van der Waals surface area contributed by atoms with Crippen molar-refractivity contribution in [3.63, 3.8) is 0 Å². The first-order chi connectivity index (χ1) is 16.6. The van der Waals surface area contributed by atoms with Crippen LogP contribution >= 0.6 is 0 Å². The Kier molecular flexibility index (Phi) is 7.09. The predicted molar refractivity (Wildman–Crippen MR) is 128 cm³/mol. The van der Waals surface area contributed by atoms with Crippen molar-refractivity contribution in [2.24, 2.45) is 5.92 Å². The maximum absolute atomic E-state index is 12.3. The van der Waals surface area contributed by atoms with Gasteiger partial charge in [0.15, 0.2) is 11.5 Å². The summed E-state index contributed by atoms with van der Waals surface area (Å²) < 4.78 is 17.3. The molecular weight excluding hydrogens is 432 g/mol. The zero-order valence-corrected chi connectivity index (χ0v) is 19.6. The smallest absolute Gasteiger partial charge is 0.410 e. The number of phenolic OH excluding ortho intramolecular Hbond substituents is 1. The molecule has 7 nitrogen and oxygen atoms in total. The molecule has 2 aromatic carbocycles. The van der Waals surface area contributed by atoms with Crippen LogP contribution in [0.5, 0.6) is 17.2 Å². The van der Waals surface area contributed by atoms with Crippen LogP contribution in [0.15, 0.2) is 48.5 Å². The van der Waals surface area contributed by atoms with Crippen LogP contribution in [0.1, 0.15) is 31.2 Å². The monoisotopic (exact) mass is 466 g/mol. The van der Waals surface area contributed by atoms with Crippen molar-refractivity contribution in [3.05, 3.63) is 54.1 Å². The fraction of sp³-hybridized carbons (Fsp3) is 0.519. The number of nitrogens with zero attached hydrogens (tertiary/aromatic N) is 2. The number of cyclic esters (lactones) is 1. The minimum Gasteiger partial charge on any atom is -0.508 e. The van der Waals surface area contributed by atoms with Gasteiger partial charge >= 0.3 is 6.09 Å². The van der Waals surface area contributed by atoms with Gasteiger partial charge in [-0.05, 0) is 80.9 Å². The largest absolute Gasteiger partial charge is 0.508 e. The first-order valence-electron chi connectivity index (χ1n) is 12.5. The first kappa shape index (κ1) is 22.8. The second kappa shape index (κ2) is 10.6. The number of para-hydroxylation sites is 2. The molecule has 2 atom stereocenters. The number of benzene rings is 2. The lowest BCUT2D eigenvalue weighted by molar-refractivity contribution is 0.0469. The average molecular weight is 467 g/mol. The summed E-state index contributed by atoms with van der Waals surface area (Å²) in [6.45, 7) is 4.86. The Morgan fingerprint density at radius 1 is 0.941 bits per heavy atom. The molecule has 0 unspecified atom stereocenters. The fourth-order valence-corrected chi connectivity index (χ4v) is 5.29. The minimum atomic E-state index is -0.199. The van der Waals surface area contributed by atoms with Gasteiger partial charge in [0.2, 0.25) is 0 Å². The molecule has 2 fully saturated rings. The summed E-state index contributed by atoms with van der Waals surface area (Å²) in [5.74, 6) is 2.65. The van der Waals surface area contributed by atoms with Crippen LogP contribution in [0, 0.1) is 5.92 Å². The number of hydrogen-bond donors (Lipinski definition) is 1. The molecule has 0 radical (unpaired) electrons. The zero-order valence-electron chi connectivity index (χ0n) is 19.6. The number of likely N-dealkylation sites (tertiary alicyclic amines) is 1. The number of amides is 1. The summed E-state index contributed by atoms with van der Waals surface area (Å²) in [6.07, 6.45) is 5.15. The number of rotatable bonds is 8. The molecule has 1 amide bonds. The van der Waals surface area contributed by atoms with Crippen LogP contribution in [0.3, 0.4) is 0 Å². The topological polar surface area (TPSA) is 71.5 Å². The number of ether oxygens (including phenoxy) is 3. The van der Waals surface area contributed by atoms with Gasteiger partial charge in [0.05, 0.1) is 6.04 Å². The molecule has 2 aromatic rings. The molecule has 182 valence electrons. The highest BCUT2D eigenvalue weighted by molar-refractivity contribution is 5.70. The second-order valence-electron chi connectivity index (χ2n) is 9.68. The Labute approximate surface area is 201 Å². The van der Waals surface area contributed by atoms with E-state index < -0.39 is 0 Å². The van der Waals surface area contributed by atoms with Crippen molar-refractivity contribution >= 4 is 6.09 Å². The van der Waals surface area contributed by atoms with Gasteiger partial charge in [-0.15, -0.1) is 0 Å². The molecule has 2 saturated heterocycles. The molecule has 5 rings (SSSR count). The molecule has 0 bridgehead atoms. The molecule has 3 heterocycles. The summed E-state index contributed by atoms with van der Waals surface area (Å²) in [5, 5.41) is 9.48. The summed E-state index contributed by atoms with van der Waals surface area (Å²) in [6, 6.07) is 15.1. The fourth-order valence-electron chi connectivity index (χ4n) is 5.29. The van der Waals surface area contributed by atoms with Gasteiger partial charge < -0.3 is 24.2 Å². The summed E-state index contributed by atoms with van der Waals surface area (Å²) in [4.78, 5) is 16.6. The van der Waals surface area contributed by atoms with Crippen molar-refractivity contribution in [3.8, 4) is 17.2 Å². The van der Waals surface area contributed by atoms with Crippen molar-refractivity contribution in [1.29, 1.82) is 0 Å². The van der Waals surface area contributed by atoms with E-state index >= 15 is 0 Å². The SMILES string of the molecule is O=C1OC[C@H](Cc2ccc(O)cc2)N1CCCC1CCN(C[C@H]2COc3ccccc3O2)CC1. The highest BCUT2D eigenvalue weighted by Gasteiger charge is 2.33. The number of carbonyl (C=O) groups is 1. The van der Waals surface area contributed by atoms with Crippen LogP contribution in [-0.2, 0) is 11.2 Å². The lowest BCUT2D eigenvalue weighted by Gasteiger charge is -2.35. The average Bonchev–Trinajstić information content (AvgIpc) is 3.20. The van der Waals surface area contributed by atoms with E-state index in [2.05, 4.69) is 4.90 Å². The highest BCUT2D eigenvalue weighted by atomic mass is 16.6. The quantitative estimate of drug-likeness (QED) is 0.632. The van der Waals surface area contributed by atoms with Crippen molar-refractivity contribution in [1.82, 2.24) is 9.80 Å². The van der Waals surface area contributed by atoms with E-state index in [9.17, 15) is 9.90 Å². The molecule has 3 aliphatic rings. The molecule has 7 heteroatoms. The van der Waals surface area contributed by atoms with E-state index in [1.54, 1.807) is 12.1 Å². The minimum absolute atomic E-state index is 0.0710. The number of aromatic hydroxyl groups is 1. The van der Waals surface area contributed by atoms with E-state index in [4.69, 9.17) is 14.2 Å². The van der Waals surface area contributed by atoms with Crippen LogP contribution in [-0.4, -0.2) is 72.5 Å². The van der Waals surface area contributed by atoms with E-state index in [0.29, 0.717) is 19.1 Å². The Bertz CT molecular complexity index is 958. The molecule has 1 N–H and O–H groups in total. The van der Waals surface area contributed by atoms with Gasteiger partial charge in [-0.25, -0.2) is 4.79 Å². The molecule has 34 heavy (non-hydrogen) atoms. The zero-order chi connectivity index (χ0) is 23.3. The van der Waals surface area contributed by atoms with E-state index in [1.165, 1.54) is 12.8 Å². The Morgan fingerprint density at radius 2 is 1.71 bits per heavy atom. The number of hydrogen-bond acceptors (Lipinski definition) is 6. The van der Waals surface area contributed by atoms with Crippen LogP contribution in [0.25, 0.3) is 0 Å². The van der Waals surface area contributed by atoms with Gasteiger partial charge in [0.25, 0.3) is 0 Å². The van der Waals surface area contributed by atoms with Crippen LogP contribution in [0.2, 0.25) is 0 Å². The third-order valence-corrected chi connectivity index (χ3v) is 7.23. The maximum atomic E-state index is 12.3. The van der Waals surface area contributed by atoms with E-state index in [-0.39, 0.29) is 24.0 Å². The highest BCUT2D eigenvalue weighted by Crippen LogP contribution is 2.31. The number of piperidine rings is 1. The Hall–Kier alpha value is -2.93. The molecule has 0 aromatic heterocycles. The third kappa shape index (κ3) is 5.58. The normalized spacial score (nSPS) is 23.2. The van der Waals surface area contributed by atoms with Crippen molar-refractivity contribution in [2.45, 2.75) is 44.2 Å². The van der Waals surface area contributed by atoms with Gasteiger partial charge in [-0.1, -0.05) is 24.3 Å². The van der Waals surface area contributed by atoms with Crippen molar-refractivity contribution < 1.29 is 24.1 Å². The predicted octanol–water partition coefficient (Wildman–Crippen LogP) is 4.09. The summed E-state index contributed by atoms with van der Waals surface area (Å²) in [5.41, 5.74) is 1.11. The summed E-state index contributed by atoms with van der Waals surface area (Å²) in [7, 11) is 0. The van der Waals surface area contributed by atoms with Crippen LogP contribution in [0.4, 0.5) is 4.79 Å². The van der Waals surface area contributed by atoms with Gasteiger partial charge in [-0.3, -0.25) is 4.90 Å². The second-order valence-corrected chi connectivity index (χ2v) is 9.68. The van der Waals surface area contributed by atoms with E-state index in [0.717, 1.165) is 62.5 Å². The molecule has 0 aliphatic carbocycles. The standard InChI is InChI=1S/C27H34N2O5/c30-23-9-7-21(8-10-23)16-22-18-33-27(31)29(22)13-3-4-20-11-14-28(15-12-20)17-24-19-32-25-5-1-2-6-26(25)34-24/h1-2,5-10,20,22,24,30H,3-4,11-19H2/t22-,24-/m0/s1. The third-order valence-electron chi connectivity index (χ3n) is 7.23. The van der Waals surface area contributed by atoms with E-state index in [1.807, 2.05) is 41.3 Å². The lowest BCUT2D eigenvalue weighted by Crippen LogP contribution is -2.44. The van der Waals surface area contributed by atoms with Gasteiger partial charge in [0, 0.05) is 13.1 Å². The first-order valence-corrected chi connectivity index (χ1v) is 12.5. The van der Waals surface area contributed by atoms with Gasteiger partial charge in [-0.2, -0.15) is 0 Å². The van der Waals surface area contributed by atoms with Crippen molar-refractivity contribution in [2.75, 3.05) is 39.4 Å². The number of phenols is 1. The van der Waals surface area contributed by atoms with Gasteiger partial charge in [0.1, 0.15) is 25.1 Å². The Morgan fingerprint density at radius 3 is 2.50 bits per heavy atom. The maximum Gasteiger partial charge on any atom is 0.410 e. The number of fused-ring (bicyclic) bond motifs is 1.